The van der Waals surface area contributed by atoms with Crippen LogP contribution < -0.4 is 16.4 Å². The van der Waals surface area contributed by atoms with Crippen LogP contribution >= 0.6 is 0 Å². The summed E-state index contributed by atoms with van der Waals surface area (Å²) in [5.74, 6) is 2.54. The first-order valence-electron chi connectivity index (χ1n) is 17.6. The number of ether oxygens (including phenoxy) is 1. The lowest BCUT2D eigenvalue weighted by Crippen LogP contribution is -2.34. The summed E-state index contributed by atoms with van der Waals surface area (Å²) in [6.07, 6.45) is 3.18. The molecule has 4 N–H and O–H groups in total. The van der Waals surface area contributed by atoms with Crippen molar-refractivity contribution >= 4 is 22.0 Å². The Balaban J connectivity index is 0.000000118. The molecular weight excluding hydrogens is 663 g/mol. The van der Waals surface area contributed by atoms with Crippen molar-refractivity contribution in [1.82, 2.24) is 10.6 Å². The summed E-state index contributed by atoms with van der Waals surface area (Å²) in [5.41, 5.74) is 14.8. The number of methoxy groups -OCH3 is 1. The fraction of sp³-hybridized carbons (Fsp3) is 0.366. The first kappa shape index (κ1) is 36.4. The number of nitrogens with one attached hydrogen (secondary N) is 2. The molecule has 2 aliphatic heterocycles. The number of amides is 1. The molecule has 0 spiro atoms. The molecule has 0 radical (unpaired) electrons. The number of aryl methyl sites for hydroxylation is 1. The van der Waals surface area contributed by atoms with Crippen LogP contribution in [0.4, 0.5) is 0 Å². The van der Waals surface area contributed by atoms with E-state index in [4.69, 9.17) is 10.5 Å². The summed E-state index contributed by atoms with van der Waals surface area (Å²) >= 11 is 0. The third-order valence-corrected chi connectivity index (χ3v) is 11.7. The molecule has 2 fully saturated rings. The molecular formula is C41H46N3O6S-. The summed E-state index contributed by atoms with van der Waals surface area (Å²) in [6.45, 7) is 5.61. The maximum Gasteiger partial charge on any atom is 0.313 e. The van der Waals surface area contributed by atoms with Gasteiger partial charge in [0, 0.05) is 25.6 Å². The van der Waals surface area contributed by atoms with E-state index in [0.29, 0.717) is 18.4 Å². The van der Waals surface area contributed by atoms with E-state index >= 15 is 0 Å². The van der Waals surface area contributed by atoms with Gasteiger partial charge in [0.1, 0.15) is 10.1 Å². The van der Waals surface area contributed by atoms with E-state index in [1.807, 2.05) is 31.2 Å². The zero-order chi connectivity index (χ0) is 36.1. The van der Waals surface area contributed by atoms with Crippen LogP contribution in [0.2, 0.25) is 0 Å². The largest absolute Gasteiger partial charge is 0.744 e. The van der Waals surface area contributed by atoms with Crippen molar-refractivity contribution in [3.8, 4) is 0 Å². The number of nitrogens with two attached hydrogens (primary N) is 1. The summed E-state index contributed by atoms with van der Waals surface area (Å²) in [7, 11) is -2.84. The van der Waals surface area contributed by atoms with Gasteiger partial charge in [-0.3, -0.25) is 9.59 Å². The monoisotopic (exact) mass is 708 g/mol. The number of piperidine rings is 2. The van der Waals surface area contributed by atoms with Gasteiger partial charge in [0.05, 0.1) is 23.8 Å². The maximum atomic E-state index is 11.6. The Labute approximate surface area is 300 Å². The van der Waals surface area contributed by atoms with Gasteiger partial charge in [-0.05, 0) is 96.0 Å². The van der Waals surface area contributed by atoms with Gasteiger partial charge in [-0.25, -0.2) is 8.42 Å². The first-order chi connectivity index (χ1) is 24.6. The van der Waals surface area contributed by atoms with Crippen molar-refractivity contribution in [2.24, 2.45) is 5.73 Å². The Morgan fingerprint density at radius 3 is 1.80 bits per heavy atom. The molecule has 6 unspecified atom stereocenters. The molecule has 2 saturated heterocycles. The average Bonchev–Trinajstić information content (AvgIpc) is 3.77. The predicted octanol–water partition coefficient (Wildman–Crippen LogP) is 5.54. The van der Waals surface area contributed by atoms with Gasteiger partial charge in [-0.2, -0.15) is 0 Å². The van der Waals surface area contributed by atoms with Crippen LogP contribution in [0.3, 0.4) is 0 Å². The van der Waals surface area contributed by atoms with Crippen molar-refractivity contribution in [2.45, 2.75) is 66.6 Å². The fourth-order valence-electron chi connectivity index (χ4n) is 8.23. The van der Waals surface area contributed by atoms with Crippen LogP contribution in [0.25, 0.3) is 0 Å². The zero-order valence-corrected chi connectivity index (χ0v) is 29.9. The summed E-state index contributed by atoms with van der Waals surface area (Å²) in [4.78, 5) is 22.9. The standard InChI is InChI=1S/C12H15NO2.C11H11NO.C11H13N.C7H8O3S/c1-15-12(14)11-6-8(7-13)9-4-2-3-5-10(9)11;13-11-10-5-7(6-12-11)8-3-1-2-4-9(8)10;1-2-4-11-9-5-8(6-12-7-9)10(11)3-1;1-6-2-4-7(5-3-6)11(8,9)10/h2-5,8,11H,6-7,13H2,1H3;1-4,7,10H,5-6H2,(H,12,13);1-4,8-9,12H,5-7H2;2-5H,1H3,(H,8,9,10)/p-1. The number of esters is 1. The van der Waals surface area contributed by atoms with Crippen molar-refractivity contribution in [3.63, 3.8) is 0 Å². The summed E-state index contributed by atoms with van der Waals surface area (Å²) in [6, 6.07) is 31.0. The highest BCUT2D eigenvalue weighted by molar-refractivity contribution is 7.85. The molecule has 6 atom stereocenters. The molecule has 268 valence electrons. The molecule has 10 heteroatoms. The van der Waals surface area contributed by atoms with Gasteiger partial charge >= 0.3 is 5.97 Å². The third-order valence-electron chi connectivity index (χ3n) is 10.8. The quantitative estimate of drug-likeness (QED) is 0.186. The molecule has 0 saturated carbocycles. The highest BCUT2D eigenvalue weighted by Gasteiger charge is 2.39. The fourth-order valence-corrected chi connectivity index (χ4v) is 8.70. The first-order valence-corrected chi connectivity index (χ1v) is 19.0. The van der Waals surface area contributed by atoms with Crippen molar-refractivity contribution in [2.75, 3.05) is 33.3 Å². The van der Waals surface area contributed by atoms with Crippen LogP contribution in [0.15, 0.2) is 102 Å². The Morgan fingerprint density at radius 2 is 1.25 bits per heavy atom. The number of benzene rings is 4. The molecule has 51 heavy (non-hydrogen) atoms. The van der Waals surface area contributed by atoms with E-state index in [9.17, 15) is 22.6 Å². The van der Waals surface area contributed by atoms with E-state index in [1.54, 1.807) is 23.3 Å². The molecule has 4 bridgehead atoms. The Hall–Kier alpha value is -4.35. The van der Waals surface area contributed by atoms with Crippen LogP contribution in [0, 0.1) is 6.92 Å². The van der Waals surface area contributed by atoms with E-state index in [-0.39, 0.29) is 28.6 Å². The minimum atomic E-state index is -4.27. The lowest BCUT2D eigenvalue weighted by Gasteiger charge is -2.19. The van der Waals surface area contributed by atoms with Crippen LogP contribution in [-0.2, 0) is 24.4 Å². The van der Waals surface area contributed by atoms with Crippen LogP contribution in [0.5, 0.6) is 0 Å². The van der Waals surface area contributed by atoms with Gasteiger partial charge in [-0.15, -0.1) is 0 Å². The van der Waals surface area contributed by atoms with Gasteiger partial charge in [0.25, 0.3) is 0 Å². The second-order valence-electron chi connectivity index (χ2n) is 13.9. The van der Waals surface area contributed by atoms with Crippen LogP contribution in [-0.4, -0.2) is 58.1 Å². The Bertz CT molecular complexity index is 1940. The van der Waals surface area contributed by atoms with Gasteiger partial charge in [0.2, 0.25) is 5.91 Å². The molecule has 4 aromatic rings. The molecule has 1 amide bonds. The number of carbonyl (C=O) groups is 2. The van der Waals surface area contributed by atoms with Gasteiger partial charge < -0.3 is 25.7 Å². The topological polar surface area (TPSA) is 151 Å². The smallest absolute Gasteiger partial charge is 0.313 e. The minimum Gasteiger partial charge on any atom is -0.744 e. The van der Waals surface area contributed by atoms with Crippen molar-refractivity contribution in [3.05, 3.63) is 136 Å². The number of hydrogen-bond acceptors (Lipinski definition) is 8. The highest BCUT2D eigenvalue weighted by atomic mass is 32.2. The van der Waals surface area contributed by atoms with Crippen molar-refractivity contribution in [1.29, 1.82) is 0 Å². The highest BCUT2D eigenvalue weighted by Crippen LogP contribution is 2.44. The molecule has 5 aliphatic rings. The zero-order valence-electron chi connectivity index (χ0n) is 29.1. The van der Waals surface area contributed by atoms with E-state index in [1.165, 1.54) is 55.4 Å². The molecule has 9 nitrogen and oxygen atoms in total. The Morgan fingerprint density at radius 1 is 0.745 bits per heavy atom. The number of fused-ring (bicyclic) bond motifs is 11. The van der Waals surface area contributed by atoms with E-state index in [2.05, 4.69) is 59.2 Å². The van der Waals surface area contributed by atoms with Gasteiger partial charge in [0.15, 0.2) is 0 Å². The average molecular weight is 709 g/mol. The molecule has 2 heterocycles. The second kappa shape index (κ2) is 15.9. The number of hydrogen-bond donors (Lipinski definition) is 3. The predicted molar refractivity (Wildman–Crippen MR) is 196 cm³/mol. The second-order valence-corrected chi connectivity index (χ2v) is 15.3. The number of carbonyl (C=O) groups excluding carboxylic acids is 2. The summed E-state index contributed by atoms with van der Waals surface area (Å²) in [5, 5.41) is 6.45. The maximum absolute atomic E-state index is 11.6. The third kappa shape index (κ3) is 8.10. The molecule has 3 aliphatic carbocycles. The minimum absolute atomic E-state index is 0.125. The molecule has 4 aromatic carbocycles. The SMILES string of the molecule is COC(=O)C1CC(CN)c2ccccc21.Cc1ccc(S(=O)(=O)[O-])cc1.O=C1NCC2CC1c1ccccc12.c1ccc2c(c1)C1CNCC2C1. The normalized spacial score (nSPS) is 24.4. The van der Waals surface area contributed by atoms with Crippen molar-refractivity contribution < 1.29 is 27.3 Å². The number of rotatable bonds is 3. The van der Waals surface area contributed by atoms with Crippen LogP contribution in [0.1, 0.15) is 93.7 Å². The Kier molecular flexibility index (Phi) is 11.4. The lowest BCUT2D eigenvalue weighted by atomic mass is 9.97. The molecule has 0 aromatic heterocycles. The van der Waals surface area contributed by atoms with Gasteiger partial charge in [-0.1, -0.05) is 90.5 Å². The molecule has 9 rings (SSSR count). The van der Waals surface area contributed by atoms with E-state index in [0.717, 1.165) is 42.3 Å². The lowest BCUT2D eigenvalue weighted by molar-refractivity contribution is -0.142. The van der Waals surface area contributed by atoms with E-state index < -0.39 is 10.1 Å². The summed E-state index contributed by atoms with van der Waals surface area (Å²) < 4.78 is 36.0.